The van der Waals surface area contributed by atoms with Crippen LogP contribution in [0.25, 0.3) is 0 Å². The van der Waals surface area contributed by atoms with Gasteiger partial charge in [-0.3, -0.25) is 9.59 Å². The van der Waals surface area contributed by atoms with Crippen LogP contribution in [0.5, 0.6) is 0 Å². The molecule has 2 aromatic carbocycles. The van der Waals surface area contributed by atoms with Gasteiger partial charge in [-0.15, -0.1) is 0 Å². The van der Waals surface area contributed by atoms with Crippen LogP contribution in [0.2, 0.25) is 0 Å². The van der Waals surface area contributed by atoms with E-state index in [4.69, 9.17) is 0 Å². The van der Waals surface area contributed by atoms with Crippen molar-refractivity contribution in [2.24, 2.45) is 0 Å². The average Bonchev–Trinajstić information content (AvgIpc) is 3.16. The smallest absolute Gasteiger partial charge is 0.254 e. The highest BCUT2D eigenvalue weighted by atomic mass is 16.3. The minimum Gasteiger partial charge on any atom is -0.393 e. The summed E-state index contributed by atoms with van der Waals surface area (Å²) in [5.74, 6) is -0.0864. The number of benzene rings is 2. The molecule has 5 atom stereocenters. The van der Waals surface area contributed by atoms with E-state index in [1.807, 2.05) is 23.1 Å². The van der Waals surface area contributed by atoms with Crippen LogP contribution in [0.3, 0.4) is 0 Å². The minimum atomic E-state index is -0.680. The van der Waals surface area contributed by atoms with Crippen molar-refractivity contribution in [1.82, 2.24) is 15.1 Å². The van der Waals surface area contributed by atoms with Gasteiger partial charge in [-0.25, -0.2) is 0 Å². The van der Waals surface area contributed by atoms with Crippen molar-refractivity contribution in [1.29, 1.82) is 0 Å². The van der Waals surface area contributed by atoms with Gasteiger partial charge in [0.2, 0.25) is 0 Å². The van der Waals surface area contributed by atoms with Gasteiger partial charge in [0, 0.05) is 54.3 Å². The standard InChI is InChI=1S/C30H37N3O4/c1-30(2)17-32(16-27(35)26-12-18-5-3-4-6-20(18)15-31-26)29(37)24-10-7-19(11-25(24)30)28(36)33-21-8-9-22(33)14-23(34)13-21/h3-7,10-11,21-23,26-27,31,34-35H,8-9,12-17H2,1-2H3/t21-,22+,23+,26-,27-/m0/s1. The number of amides is 2. The summed E-state index contributed by atoms with van der Waals surface area (Å²) in [6.07, 6.45) is 2.93. The summed E-state index contributed by atoms with van der Waals surface area (Å²) < 4.78 is 0. The Morgan fingerprint density at radius 3 is 2.54 bits per heavy atom. The third-order valence-corrected chi connectivity index (χ3v) is 9.03. The fourth-order valence-corrected chi connectivity index (χ4v) is 7.11. The molecule has 2 fully saturated rings. The molecule has 4 aliphatic heterocycles. The Hall–Kier alpha value is -2.74. The molecular formula is C30H37N3O4. The van der Waals surface area contributed by atoms with Crippen molar-refractivity contribution in [3.8, 4) is 0 Å². The summed E-state index contributed by atoms with van der Waals surface area (Å²) in [6.45, 7) is 5.66. The van der Waals surface area contributed by atoms with Crippen molar-refractivity contribution in [2.75, 3.05) is 13.1 Å². The second-order valence-corrected chi connectivity index (χ2v) is 12.1. The third-order valence-electron chi connectivity index (χ3n) is 9.03. The molecule has 7 nitrogen and oxygen atoms in total. The van der Waals surface area contributed by atoms with E-state index < -0.39 is 6.10 Å². The first-order valence-corrected chi connectivity index (χ1v) is 13.6. The first-order valence-electron chi connectivity index (χ1n) is 13.6. The van der Waals surface area contributed by atoms with Crippen molar-refractivity contribution in [3.05, 3.63) is 70.3 Å². The highest BCUT2D eigenvalue weighted by Crippen LogP contribution is 2.39. The molecule has 37 heavy (non-hydrogen) atoms. The van der Waals surface area contributed by atoms with Crippen LogP contribution in [0, 0.1) is 0 Å². The van der Waals surface area contributed by atoms with Crippen LogP contribution in [-0.2, 0) is 18.4 Å². The normalized spacial score (nSPS) is 29.0. The van der Waals surface area contributed by atoms with Gasteiger partial charge in [-0.1, -0.05) is 38.1 Å². The molecule has 0 aliphatic carbocycles. The van der Waals surface area contributed by atoms with Crippen molar-refractivity contribution < 1.29 is 19.8 Å². The molecule has 4 aliphatic rings. The molecule has 2 saturated heterocycles. The van der Waals surface area contributed by atoms with Crippen LogP contribution in [0.4, 0.5) is 0 Å². The molecule has 3 N–H and O–H groups in total. The number of piperidine rings is 1. The number of rotatable bonds is 4. The third kappa shape index (κ3) is 4.37. The fraction of sp³-hybridized carbons (Fsp3) is 0.533. The van der Waals surface area contributed by atoms with E-state index in [1.165, 1.54) is 11.1 Å². The lowest BCUT2D eigenvalue weighted by molar-refractivity contribution is 0.0286. The van der Waals surface area contributed by atoms with Gasteiger partial charge >= 0.3 is 0 Å². The molecule has 0 unspecified atom stereocenters. The molecular weight excluding hydrogens is 466 g/mol. The first kappa shape index (κ1) is 24.6. The van der Waals surface area contributed by atoms with Gasteiger partial charge in [0.25, 0.3) is 11.8 Å². The predicted molar refractivity (Wildman–Crippen MR) is 140 cm³/mol. The second kappa shape index (κ2) is 9.22. The van der Waals surface area contributed by atoms with Crippen molar-refractivity contribution >= 4 is 11.8 Å². The van der Waals surface area contributed by atoms with E-state index in [9.17, 15) is 19.8 Å². The summed E-state index contributed by atoms with van der Waals surface area (Å²) in [5, 5.41) is 24.7. The number of carbonyl (C=O) groups is 2. The molecule has 0 saturated carbocycles. The second-order valence-electron chi connectivity index (χ2n) is 12.1. The Balaban J connectivity index is 1.19. The Bertz CT molecular complexity index is 1210. The van der Waals surface area contributed by atoms with E-state index in [0.717, 1.165) is 24.8 Å². The number of nitrogens with one attached hydrogen (secondary N) is 1. The molecule has 2 amide bonds. The number of hydrogen-bond acceptors (Lipinski definition) is 5. The van der Waals surface area contributed by atoms with Gasteiger partial charge in [-0.05, 0) is 67.0 Å². The molecule has 2 bridgehead atoms. The molecule has 0 radical (unpaired) electrons. The summed E-state index contributed by atoms with van der Waals surface area (Å²) in [7, 11) is 0. The average molecular weight is 504 g/mol. The van der Waals surface area contributed by atoms with E-state index in [-0.39, 0.29) is 48.0 Å². The number of nitrogens with zero attached hydrogens (tertiary/aromatic N) is 2. The van der Waals surface area contributed by atoms with E-state index >= 15 is 0 Å². The quantitative estimate of drug-likeness (QED) is 0.597. The highest BCUT2D eigenvalue weighted by molar-refractivity contribution is 6.00. The Kier molecular flexibility index (Phi) is 6.13. The zero-order chi connectivity index (χ0) is 25.9. The molecule has 0 aromatic heterocycles. The molecule has 0 spiro atoms. The maximum Gasteiger partial charge on any atom is 0.254 e. The van der Waals surface area contributed by atoms with Crippen LogP contribution >= 0.6 is 0 Å². The van der Waals surface area contributed by atoms with Crippen LogP contribution in [0.15, 0.2) is 42.5 Å². The number of fused-ring (bicyclic) bond motifs is 4. The van der Waals surface area contributed by atoms with Gasteiger partial charge in [0.15, 0.2) is 0 Å². The van der Waals surface area contributed by atoms with E-state index in [2.05, 4.69) is 31.3 Å². The monoisotopic (exact) mass is 503 g/mol. The maximum atomic E-state index is 13.5. The summed E-state index contributed by atoms with van der Waals surface area (Å²) in [5.41, 5.74) is 4.26. The van der Waals surface area contributed by atoms with Gasteiger partial charge in [-0.2, -0.15) is 0 Å². The van der Waals surface area contributed by atoms with Gasteiger partial charge in [0.05, 0.1) is 12.2 Å². The number of β-amino-alcohol motifs (C(OH)–C–C–N with tert-alkyl or cyclic N) is 1. The maximum absolute atomic E-state index is 13.5. The number of aliphatic hydroxyl groups excluding tert-OH is 2. The van der Waals surface area contributed by atoms with Crippen molar-refractivity contribution in [3.63, 3.8) is 0 Å². The lowest BCUT2D eigenvalue weighted by Crippen LogP contribution is -2.54. The number of carbonyl (C=O) groups excluding carboxylic acids is 2. The molecule has 4 heterocycles. The van der Waals surface area contributed by atoms with Gasteiger partial charge in [0.1, 0.15) is 0 Å². The van der Waals surface area contributed by atoms with Crippen LogP contribution in [0.1, 0.15) is 76.9 Å². The minimum absolute atomic E-state index is 0.00644. The zero-order valence-corrected chi connectivity index (χ0v) is 21.7. The number of hydrogen-bond donors (Lipinski definition) is 3. The topological polar surface area (TPSA) is 93.1 Å². The number of aliphatic hydroxyl groups is 2. The molecule has 7 heteroatoms. The van der Waals surface area contributed by atoms with Crippen molar-refractivity contribution in [2.45, 2.75) is 88.2 Å². The Morgan fingerprint density at radius 2 is 1.81 bits per heavy atom. The van der Waals surface area contributed by atoms with E-state index in [0.29, 0.717) is 37.1 Å². The van der Waals surface area contributed by atoms with E-state index in [1.54, 1.807) is 17.0 Å². The summed E-state index contributed by atoms with van der Waals surface area (Å²) >= 11 is 0. The van der Waals surface area contributed by atoms with Crippen LogP contribution in [-0.4, -0.2) is 75.3 Å². The lowest BCUT2D eigenvalue weighted by atomic mass is 9.77. The SMILES string of the molecule is CC1(C)CN(C[C@H](O)[C@@H]2Cc3ccccc3CN2)C(=O)c2ccc(C(=O)N3[C@@H]4CC[C@H]3C[C@@H](O)C4)cc21. The van der Waals surface area contributed by atoms with Crippen LogP contribution < -0.4 is 5.32 Å². The lowest BCUT2D eigenvalue weighted by Gasteiger charge is -2.42. The zero-order valence-electron chi connectivity index (χ0n) is 21.7. The highest BCUT2D eigenvalue weighted by Gasteiger charge is 2.44. The Labute approximate surface area is 218 Å². The van der Waals surface area contributed by atoms with Gasteiger partial charge < -0.3 is 25.3 Å². The molecule has 6 rings (SSSR count). The molecule has 2 aromatic rings. The predicted octanol–water partition coefficient (Wildman–Crippen LogP) is 2.62. The largest absolute Gasteiger partial charge is 0.393 e. The fourth-order valence-electron chi connectivity index (χ4n) is 7.11. The first-order chi connectivity index (χ1) is 17.7. The summed E-state index contributed by atoms with van der Waals surface area (Å²) in [6, 6.07) is 13.9. The summed E-state index contributed by atoms with van der Waals surface area (Å²) in [4.78, 5) is 30.8. The Morgan fingerprint density at radius 1 is 1.11 bits per heavy atom. The molecule has 196 valence electrons.